The van der Waals surface area contributed by atoms with E-state index in [-0.39, 0.29) is 11.4 Å². The fraction of sp³-hybridized carbons (Fsp3) is 0.308. The second-order valence-electron chi connectivity index (χ2n) is 4.95. The Morgan fingerprint density at radius 1 is 0.929 bits per heavy atom. The van der Waals surface area contributed by atoms with E-state index < -0.39 is 48.8 Å². The first-order chi connectivity index (χ1) is 12.9. The van der Waals surface area contributed by atoms with Crippen LogP contribution < -0.4 is 20.0 Å². The molecule has 154 valence electrons. The molecule has 0 bridgehead atoms. The highest BCUT2D eigenvalue weighted by Gasteiger charge is 2.31. The molecule has 2 rings (SSSR count). The standard InChI is InChI=1S/C13H10F6N5O4/c14-12(15,16)5-27-10-21-9(22-11(23-10)28-6-13(17,18)19)20-7-3-1-2-4-8(7)24(25)26/h1-4,25H,5-6H2,(H,20,21,22,23)/q-1. The predicted molar refractivity (Wildman–Crippen MR) is 80.3 cm³/mol. The van der Waals surface area contributed by atoms with Crippen LogP contribution in [0.15, 0.2) is 24.3 Å². The number of aromatic nitrogens is 3. The lowest BCUT2D eigenvalue weighted by atomic mass is 10.3. The van der Waals surface area contributed by atoms with E-state index in [9.17, 15) is 31.5 Å². The minimum absolute atomic E-state index is 0.116. The van der Waals surface area contributed by atoms with Crippen molar-refractivity contribution in [3.05, 3.63) is 29.5 Å². The number of hydrogen-bond acceptors (Lipinski definition) is 9. The monoisotopic (exact) mass is 414 g/mol. The average molecular weight is 414 g/mol. The smallest absolute Gasteiger partial charge is 0.422 e. The van der Waals surface area contributed by atoms with Gasteiger partial charge >= 0.3 is 24.4 Å². The van der Waals surface area contributed by atoms with Gasteiger partial charge in [-0.2, -0.15) is 36.3 Å². The Morgan fingerprint density at radius 2 is 1.43 bits per heavy atom. The molecule has 0 fully saturated rings. The van der Waals surface area contributed by atoms with E-state index in [1.165, 1.54) is 24.3 Å². The van der Waals surface area contributed by atoms with E-state index in [0.717, 1.165) is 0 Å². The maximum Gasteiger partial charge on any atom is 0.422 e. The van der Waals surface area contributed by atoms with Crippen molar-refractivity contribution in [2.24, 2.45) is 0 Å². The number of benzene rings is 1. The van der Waals surface area contributed by atoms with Gasteiger partial charge in [0.05, 0.1) is 11.4 Å². The van der Waals surface area contributed by atoms with Crippen LogP contribution in [0.5, 0.6) is 12.0 Å². The lowest BCUT2D eigenvalue weighted by molar-refractivity contribution is -0.156. The molecule has 15 heteroatoms. The van der Waals surface area contributed by atoms with Gasteiger partial charge in [0.25, 0.3) is 0 Å². The number of anilines is 3. The Labute approximate surface area is 152 Å². The number of ether oxygens (including phenoxy) is 2. The summed E-state index contributed by atoms with van der Waals surface area (Å²) in [6.07, 6.45) is -9.53. The number of halogens is 6. The molecule has 0 spiro atoms. The zero-order valence-electron chi connectivity index (χ0n) is 13.5. The summed E-state index contributed by atoms with van der Waals surface area (Å²) in [5, 5.41) is 21.9. The fourth-order valence-electron chi connectivity index (χ4n) is 1.68. The molecule has 2 aromatic rings. The molecule has 1 aromatic heterocycles. The van der Waals surface area contributed by atoms with Gasteiger partial charge in [0.1, 0.15) is 0 Å². The van der Waals surface area contributed by atoms with Gasteiger partial charge < -0.3 is 25.2 Å². The van der Waals surface area contributed by atoms with Gasteiger partial charge in [0.2, 0.25) is 5.95 Å². The molecule has 28 heavy (non-hydrogen) atoms. The number of para-hydroxylation sites is 2. The zero-order chi connectivity index (χ0) is 20.9. The molecule has 0 aliphatic carbocycles. The van der Waals surface area contributed by atoms with Gasteiger partial charge in [-0.15, -0.1) is 4.98 Å². The first-order valence-electron chi connectivity index (χ1n) is 7.10. The predicted octanol–water partition coefficient (Wildman–Crippen LogP) is 3.19. The summed E-state index contributed by atoms with van der Waals surface area (Å²) >= 11 is 0. The maximum absolute atomic E-state index is 12.3. The Kier molecular flexibility index (Phi) is 6.30. The molecule has 0 atom stereocenters. The lowest BCUT2D eigenvalue weighted by Crippen LogP contribution is -2.22. The van der Waals surface area contributed by atoms with Gasteiger partial charge in [-0.25, -0.2) is 0 Å². The molecule has 1 heterocycles. The van der Waals surface area contributed by atoms with Crippen LogP contribution in [0.2, 0.25) is 0 Å². The van der Waals surface area contributed by atoms with Crippen molar-refractivity contribution in [1.82, 2.24) is 15.0 Å². The van der Waals surface area contributed by atoms with E-state index in [1.54, 1.807) is 0 Å². The molecule has 1 aromatic carbocycles. The highest BCUT2D eigenvalue weighted by atomic mass is 19.4. The van der Waals surface area contributed by atoms with Crippen LogP contribution in [0.4, 0.5) is 43.7 Å². The van der Waals surface area contributed by atoms with Crippen LogP contribution in [-0.2, 0) is 0 Å². The van der Waals surface area contributed by atoms with Crippen molar-refractivity contribution in [3.8, 4) is 12.0 Å². The van der Waals surface area contributed by atoms with E-state index in [0.29, 0.717) is 0 Å². The van der Waals surface area contributed by atoms with Crippen LogP contribution in [0.1, 0.15) is 0 Å². The summed E-state index contributed by atoms with van der Waals surface area (Å²) in [5.74, 6) is -0.598. The molecule has 0 saturated carbocycles. The van der Waals surface area contributed by atoms with Crippen LogP contribution in [0.3, 0.4) is 0 Å². The van der Waals surface area contributed by atoms with Crippen LogP contribution in [0.25, 0.3) is 0 Å². The SMILES string of the molecule is [O-]N(O)c1ccccc1Nc1nc(OCC(F)(F)F)nc(OCC(F)(F)F)n1. The Morgan fingerprint density at radius 3 is 1.89 bits per heavy atom. The van der Waals surface area contributed by atoms with Crippen molar-refractivity contribution < 1.29 is 41.0 Å². The summed E-state index contributed by atoms with van der Waals surface area (Å²) in [4.78, 5) is 10.1. The fourth-order valence-corrected chi connectivity index (χ4v) is 1.68. The minimum Gasteiger partial charge on any atom is -0.733 e. The third-order valence-corrected chi connectivity index (χ3v) is 2.68. The topological polar surface area (TPSA) is 116 Å². The maximum atomic E-state index is 12.3. The Bertz CT molecular complexity index is 765. The average Bonchev–Trinajstić information content (AvgIpc) is 2.57. The van der Waals surface area contributed by atoms with Crippen molar-refractivity contribution >= 4 is 17.3 Å². The number of rotatable bonds is 7. The van der Waals surface area contributed by atoms with Crippen molar-refractivity contribution in [2.45, 2.75) is 12.4 Å². The van der Waals surface area contributed by atoms with Crippen LogP contribution in [-0.4, -0.2) is 45.7 Å². The summed E-state index contributed by atoms with van der Waals surface area (Å²) in [6, 6.07) is 3.26. The van der Waals surface area contributed by atoms with Crippen molar-refractivity contribution in [3.63, 3.8) is 0 Å². The van der Waals surface area contributed by atoms with E-state index in [4.69, 9.17) is 5.21 Å². The van der Waals surface area contributed by atoms with Crippen molar-refractivity contribution in [1.29, 1.82) is 0 Å². The van der Waals surface area contributed by atoms with Gasteiger partial charge in [-0.3, -0.25) is 5.21 Å². The molecule has 0 radical (unpaired) electrons. The van der Waals surface area contributed by atoms with Crippen LogP contribution >= 0.6 is 0 Å². The summed E-state index contributed by atoms with van der Waals surface area (Å²) < 4.78 is 82.2. The minimum atomic E-state index is -4.76. The summed E-state index contributed by atoms with van der Waals surface area (Å²) in [6.45, 7) is -3.65. The lowest BCUT2D eigenvalue weighted by Gasteiger charge is -2.24. The second-order valence-corrected chi connectivity index (χ2v) is 4.95. The molecule has 0 amide bonds. The molecule has 0 unspecified atom stereocenters. The van der Waals surface area contributed by atoms with Gasteiger partial charge in [0, 0.05) is 0 Å². The molecule has 0 aliphatic rings. The Balaban J connectivity index is 2.31. The summed E-state index contributed by atoms with van der Waals surface area (Å²) in [7, 11) is 0. The first-order valence-corrected chi connectivity index (χ1v) is 7.10. The number of nitrogens with zero attached hydrogens (tertiary/aromatic N) is 4. The van der Waals surface area contributed by atoms with Crippen molar-refractivity contribution in [2.75, 3.05) is 23.8 Å². The third kappa shape index (κ3) is 6.92. The number of nitrogens with one attached hydrogen (secondary N) is 1. The first kappa shape index (κ1) is 21.2. The van der Waals surface area contributed by atoms with E-state index >= 15 is 0 Å². The largest absolute Gasteiger partial charge is 0.733 e. The zero-order valence-corrected chi connectivity index (χ0v) is 13.5. The quantitative estimate of drug-likeness (QED) is 0.521. The molecular formula is C13H10F6N5O4-. The second kappa shape index (κ2) is 8.30. The van der Waals surface area contributed by atoms with Gasteiger partial charge in [0.15, 0.2) is 13.2 Å². The number of hydrogen-bond donors (Lipinski definition) is 2. The third-order valence-electron chi connectivity index (χ3n) is 2.68. The normalized spacial score (nSPS) is 11.9. The molecule has 0 aliphatic heterocycles. The Hall–Kier alpha value is -3.07. The van der Waals surface area contributed by atoms with Gasteiger partial charge in [-0.05, 0) is 12.1 Å². The number of alkyl halides is 6. The molecule has 9 nitrogen and oxygen atoms in total. The molecule has 2 N–H and O–H groups in total. The molecule has 0 saturated heterocycles. The van der Waals surface area contributed by atoms with Gasteiger partial charge in [-0.1, -0.05) is 12.1 Å². The summed E-state index contributed by atoms with van der Waals surface area (Å²) in [5.41, 5.74) is -0.451. The highest BCUT2D eigenvalue weighted by molar-refractivity contribution is 5.72. The van der Waals surface area contributed by atoms with E-state index in [1.807, 2.05) is 0 Å². The highest BCUT2D eigenvalue weighted by Crippen LogP contribution is 2.27. The van der Waals surface area contributed by atoms with E-state index in [2.05, 4.69) is 29.7 Å². The van der Waals surface area contributed by atoms with Crippen LogP contribution in [0, 0.1) is 5.21 Å². The molecular weight excluding hydrogens is 404 g/mol.